The quantitative estimate of drug-likeness (QED) is 0.850. The first-order valence-corrected chi connectivity index (χ1v) is 9.00. The van der Waals surface area contributed by atoms with Crippen molar-refractivity contribution in [3.8, 4) is 0 Å². The fourth-order valence-electron chi connectivity index (χ4n) is 3.81. The number of carbonyl (C=O) groups is 1. The van der Waals surface area contributed by atoms with E-state index in [4.69, 9.17) is 0 Å². The zero-order valence-corrected chi connectivity index (χ0v) is 14.7. The molecule has 0 N–H and O–H groups in total. The Morgan fingerprint density at radius 3 is 2.57 bits per heavy atom. The average molecular weight is 319 g/mol. The average Bonchev–Trinajstić information content (AvgIpc) is 2.97. The number of carbonyl (C=O) groups excluding carboxylic acids is 1. The number of rotatable bonds is 4. The van der Waals surface area contributed by atoms with E-state index in [1.54, 1.807) is 0 Å². The molecule has 3 heterocycles. The van der Waals surface area contributed by atoms with Crippen LogP contribution in [0.25, 0.3) is 0 Å². The lowest BCUT2D eigenvalue weighted by Gasteiger charge is -2.33. The second kappa shape index (κ2) is 6.99. The van der Waals surface area contributed by atoms with E-state index in [-0.39, 0.29) is 5.91 Å². The third kappa shape index (κ3) is 3.57. The summed E-state index contributed by atoms with van der Waals surface area (Å²) in [7, 11) is 0. The number of amides is 1. The van der Waals surface area contributed by atoms with Gasteiger partial charge in [0.15, 0.2) is 5.82 Å². The van der Waals surface area contributed by atoms with E-state index in [0.29, 0.717) is 18.9 Å². The highest BCUT2D eigenvalue weighted by Gasteiger charge is 2.29. The third-order valence-corrected chi connectivity index (χ3v) is 5.01. The Morgan fingerprint density at radius 2 is 1.91 bits per heavy atom. The van der Waals surface area contributed by atoms with Crippen molar-refractivity contribution in [3.05, 3.63) is 11.6 Å². The number of hydrogen-bond acceptors (Lipinski definition) is 4. The molecule has 0 unspecified atom stereocenters. The highest BCUT2D eigenvalue weighted by Crippen LogP contribution is 2.28. The standard InChI is InChI=1S/C17H29N5O/c1-4-16(23)21-9-10-22-15(12-21)18-19-17(22)14-5-7-20(8-6-14)11-13(2)3/h13-14H,4-12H2,1-3H3. The molecule has 2 aliphatic heterocycles. The summed E-state index contributed by atoms with van der Waals surface area (Å²) in [6.45, 7) is 12.2. The maximum Gasteiger partial charge on any atom is 0.222 e. The van der Waals surface area contributed by atoms with Crippen LogP contribution in [0.15, 0.2) is 0 Å². The molecular formula is C17H29N5O. The fraction of sp³-hybridized carbons (Fsp3) is 0.824. The molecule has 23 heavy (non-hydrogen) atoms. The van der Waals surface area contributed by atoms with Crippen LogP contribution >= 0.6 is 0 Å². The largest absolute Gasteiger partial charge is 0.333 e. The van der Waals surface area contributed by atoms with Gasteiger partial charge < -0.3 is 14.4 Å². The smallest absolute Gasteiger partial charge is 0.222 e. The molecule has 0 atom stereocenters. The molecule has 6 nitrogen and oxygen atoms in total. The Morgan fingerprint density at radius 1 is 1.17 bits per heavy atom. The van der Waals surface area contributed by atoms with Crippen LogP contribution < -0.4 is 0 Å². The molecule has 2 aliphatic rings. The number of piperidine rings is 1. The van der Waals surface area contributed by atoms with Crippen LogP contribution in [0, 0.1) is 5.92 Å². The first-order valence-electron chi connectivity index (χ1n) is 9.00. The predicted molar refractivity (Wildman–Crippen MR) is 89.0 cm³/mol. The summed E-state index contributed by atoms with van der Waals surface area (Å²) in [5.74, 6) is 3.57. The van der Waals surface area contributed by atoms with Crippen LogP contribution in [0.2, 0.25) is 0 Å². The summed E-state index contributed by atoms with van der Waals surface area (Å²) >= 11 is 0. The normalized spacial score (nSPS) is 20.1. The van der Waals surface area contributed by atoms with Crippen LogP contribution in [0.1, 0.15) is 57.6 Å². The van der Waals surface area contributed by atoms with Gasteiger partial charge in [0.2, 0.25) is 5.91 Å². The Labute approximate surface area is 138 Å². The molecule has 0 radical (unpaired) electrons. The minimum atomic E-state index is 0.211. The Hall–Kier alpha value is -1.43. The molecule has 1 saturated heterocycles. The topological polar surface area (TPSA) is 54.3 Å². The van der Waals surface area contributed by atoms with Crippen LogP contribution in [0.3, 0.4) is 0 Å². The van der Waals surface area contributed by atoms with Gasteiger partial charge in [0.1, 0.15) is 5.82 Å². The second-order valence-electron chi connectivity index (χ2n) is 7.26. The molecule has 0 spiro atoms. The highest BCUT2D eigenvalue weighted by molar-refractivity contribution is 5.75. The molecule has 6 heteroatoms. The second-order valence-corrected chi connectivity index (χ2v) is 7.26. The molecule has 128 valence electrons. The minimum absolute atomic E-state index is 0.211. The van der Waals surface area contributed by atoms with Crippen molar-refractivity contribution in [2.24, 2.45) is 5.92 Å². The van der Waals surface area contributed by atoms with Gasteiger partial charge in [0.05, 0.1) is 6.54 Å². The van der Waals surface area contributed by atoms with Crippen molar-refractivity contribution in [2.45, 2.75) is 59.0 Å². The van der Waals surface area contributed by atoms with Crippen LogP contribution in [0.5, 0.6) is 0 Å². The van der Waals surface area contributed by atoms with E-state index < -0.39 is 0 Å². The van der Waals surface area contributed by atoms with Gasteiger partial charge in [-0.15, -0.1) is 10.2 Å². The molecule has 3 rings (SSSR count). The summed E-state index contributed by atoms with van der Waals surface area (Å²) in [5, 5.41) is 8.86. The van der Waals surface area contributed by atoms with Gasteiger partial charge in [-0.25, -0.2) is 0 Å². The van der Waals surface area contributed by atoms with E-state index in [1.807, 2.05) is 11.8 Å². The van der Waals surface area contributed by atoms with Gasteiger partial charge >= 0.3 is 0 Å². The Bertz CT molecular complexity index is 545. The van der Waals surface area contributed by atoms with Crippen molar-refractivity contribution in [2.75, 3.05) is 26.2 Å². The summed E-state index contributed by atoms with van der Waals surface area (Å²) < 4.78 is 2.27. The van der Waals surface area contributed by atoms with Gasteiger partial charge in [0, 0.05) is 32.0 Å². The summed E-state index contributed by atoms with van der Waals surface area (Å²) in [4.78, 5) is 16.3. The summed E-state index contributed by atoms with van der Waals surface area (Å²) in [5.41, 5.74) is 0. The van der Waals surface area contributed by atoms with Crippen molar-refractivity contribution < 1.29 is 4.79 Å². The zero-order valence-electron chi connectivity index (χ0n) is 14.7. The molecule has 0 aliphatic carbocycles. The maximum absolute atomic E-state index is 11.9. The molecule has 0 saturated carbocycles. The summed E-state index contributed by atoms with van der Waals surface area (Å²) in [6, 6.07) is 0. The van der Waals surface area contributed by atoms with Crippen molar-refractivity contribution in [1.29, 1.82) is 0 Å². The van der Waals surface area contributed by atoms with E-state index in [1.165, 1.54) is 19.4 Å². The van der Waals surface area contributed by atoms with E-state index >= 15 is 0 Å². The monoisotopic (exact) mass is 319 g/mol. The molecule has 1 aromatic rings. The SMILES string of the molecule is CCC(=O)N1CCn2c(nnc2C2CCN(CC(C)C)CC2)C1. The molecule has 0 aromatic carbocycles. The predicted octanol–water partition coefficient (Wildman–Crippen LogP) is 1.87. The van der Waals surface area contributed by atoms with Crippen molar-refractivity contribution >= 4 is 5.91 Å². The van der Waals surface area contributed by atoms with Crippen molar-refractivity contribution in [1.82, 2.24) is 24.6 Å². The molecule has 0 bridgehead atoms. The van der Waals surface area contributed by atoms with Crippen LogP contribution in [0.4, 0.5) is 0 Å². The number of nitrogens with zero attached hydrogens (tertiary/aromatic N) is 5. The summed E-state index contributed by atoms with van der Waals surface area (Å²) in [6.07, 6.45) is 2.90. The van der Waals surface area contributed by atoms with E-state index in [9.17, 15) is 4.79 Å². The fourth-order valence-corrected chi connectivity index (χ4v) is 3.81. The number of likely N-dealkylation sites (tertiary alicyclic amines) is 1. The molecule has 1 amide bonds. The lowest BCUT2D eigenvalue weighted by molar-refractivity contribution is -0.132. The Balaban J connectivity index is 1.63. The molecular weight excluding hydrogens is 290 g/mol. The number of aromatic nitrogens is 3. The van der Waals surface area contributed by atoms with Gasteiger partial charge in [-0.1, -0.05) is 20.8 Å². The highest BCUT2D eigenvalue weighted by atomic mass is 16.2. The van der Waals surface area contributed by atoms with E-state index in [2.05, 4.69) is 33.5 Å². The van der Waals surface area contributed by atoms with Crippen molar-refractivity contribution in [3.63, 3.8) is 0 Å². The lowest BCUT2D eigenvalue weighted by atomic mass is 9.95. The van der Waals surface area contributed by atoms with Gasteiger partial charge in [0.25, 0.3) is 0 Å². The first-order chi connectivity index (χ1) is 11.1. The van der Waals surface area contributed by atoms with E-state index in [0.717, 1.165) is 43.7 Å². The molecule has 1 aromatic heterocycles. The first kappa shape index (κ1) is 16.4. The van der Waals surface area contributed by atoms with Gasteiger partial charge in [-0.05, 0) is 31.8 Å². The van der Waals surface area contributed by atoms with Crippen LogP contribution in [-0.4, -0.2) is 56.7 Å². The number of hydrogen-bond donors (Lipinski definition) is 0. The Kier molecular flexibility index (Phi) is 4.99. The van der Waals surface area contributed by atoms with Gasteiger partial charge in [-0.3, -0.25) is 4.79 Å². The minimum Gasteiger partial charge on any atom is -0.333 e. The van der Waals surface area contributed by atoms with Crippen LogP contribution in [-0.2, 0) is 17.9 Å². The number of fused-ring (bicyclic) bond motifs is 1. The maximum atomic E-state index is 11.9. The zero-order chi connectivity index (χ0) is 16.4. The third-order valence-electron chi connectivity index (χ3n) is 5.01. The molecule has 1 fully saturated rings. The van der Waals surface area contributed by atoms with Gasteiger partial charge in [-0.2, -0.15) is 0 Å². The lowest BCUT2D eigenvalue weighted by Crippen LogP contribution is -2.39.